The van der Waals surface area contributed by atoms with E-state index >= 15 is 0 Å². The van der Waals surface area contributed by atoms with Crippen LogP contribution in [0.2, 0.25) is 0 Å². The molecule has 1 N–H and O–H groups in total. The molecule has 0 saturated carbocycles. The molecule has 0 amide bonds. The molecular weight excluding hydrogens is 214 g/mol. The summed E-state index contributed by atoms with van der Waals surface area (Å²) in [6, 6.07) is -0.119. The van der Waals surface area contributed by atoms with Gasteiger partial charge in [0.25, 0.3) is 10.0 Å². The third-order valence-corrected chi connectivity index (χ3v) is 2.89. The molecule has 0 unspecified atom stereocenters. The first-order chi connectivity index (χ1) is 5.92. The number of nitrogens with one attached hydrogen (secondary N) is 1. The molecule has 15 heavy (non-hydrogen) atoms. The zero-order valence-electron chi connectivity index (χ0n) is 7.85. The maximum absolute atomic E-state index is 11.5. The summed E-state index contributed by atoms with van der Waals surface area (Å²) in [5.74, 6) is 0. The molecule has 0 aliphatic carbocycles. The molecule has 0 saturated heterocycles. The van der Waals surface area contributed by atoms with Crippen molar-refractivity contribution in [3.8, 4) is 0 Å². The Bertz CT molecular complexity index is 382. The van der Waals surface area contributed by atoms with E-state index in [9.17, 15) is 8.42 Å². The molecule has 1 aromatic rings. The largest absolute Gasteiger partial charge is 0.339 e. The quantitative estimate of drug-likeness (QED) is 0.860. The van der Waals surface area contributed by atoms with Gasteiger partial charge in [-0.2, -0.15) is 0 Å². The van der Waals surface area contributed by atoms with Gasteiger partial charge in [-0.05, 0) is 13.8 Å². The highest BCUT2D eigenvalue weighted by Crippen LogP contribution is 2.04. The summed E-state index contributed by atoms with van der Waals surface area (Å²) in [6.07, 6.45) is 2.92. The fourth-order valence-corrected chi connectivity index (χ4v) is 2.13. The topological polar surface area (TPSA) is 64.0 Å². The number of hydrogen-bond donors (Lipinski definition) is 1. The van der Waals surface area contributed by atoms with Crippen molar-refractivity contribution < 1.29 is 8.42 Å². The van der Waals surface area contributed by atoms with Gasteiger partial charge in [0.05, 0.1) is 6.33 Å². The van der Waals surface area contributed by atoms with E-state index in [-0.39, 0.29) is 25.9 Å². The maximum Gasteiger partial charge on any atom is 0.259 e. The lowest BCUT2D eigenvalue weighted by Gasteiger charge is -2.06. The van der Waals surface area contributed by atoms with Crippen LogP contribution in [-0.4, -0.2) is 24.0 Å². The molecule has 0 aliphatic heterocycles. The van der Waals surface area contributed by atoms with Gasteiger partial charge in [0.2, 0.25) is 0 Å². The van der Waals surface area contributed by atoms with Gasteiger partial charge >= 0.3 is 0 Å². The standard InChI is InChI=1S/C7H13N3O2S.2CH4/c1-6(2)9-13(11,12)7-4-10(3)5-8-7;;/h4-6,9H,1-3H3;2*1H4. The van der Waals surface area contributed by atoms with Crippen molar-refractivity contribution in [3.63, 3.8) is 0 Å². The maximum atomic E-state index is 11.5. The Hall–Kier alpha value is -0.880. The highest BCUT2D eigenvalue weighted by Gasteiger charge is 2.17. The van der Waals surface area contributed by atoms with Gasteiger partial charge in [0, 0.05) is 19.3 Å². The Morgan fingerprint density at radius 3 is 2.27 bits per heavy atom. The molecule has 0 atom stereocenters. The van der Waals surface area contributed by atoms with Gasteiger partial charge in [0.15, 0.2) is 5.03 Å². The third-order valence-electron chi connectivity index (χ3n) is 1.35. The Labute approximate surface area is 92.6 Å². The fraction of sp³-hybridized carbons (Fsp3) is 0.667. The molecule has 0 bridgehead atoms. The van der Waals surface area contributed by atoms with Crippen LogP contribution < -0.4 is 4.72 Å². The van der Waals surface area contributed by atoms with Gasteiger partial charge in [-0.15, -0.1) is 0 Å². The summed E-state index contributed by atoms with van der Waals surface area (Å²) in [4.78, 5) is 3.75. The lowest BCUT2D eigenvalue weighted by molar-refractivity contribution is 0.566. The van der Waals surface area contributed by atoms with E-state index < -0.39 is 10.0 Å². The number of imidazole rings is 1. The number of hydrogen-bond acceptors (Lipinski definition) is 3. The second-order valence-corrected chi connectivity index (χ2v) is 4.81. The van der Waals surface area contributed by atoms with Crippen molar-refractivity contribution in [3.05, 3.63) is 12.5 Å². The fourth-order valence-electron chi connectivity index (χ4n) is 0.898. The first-order valence-electron chi connectivity index (χ1n) is 3.92. The Kier molecular flexibility index (Phi) is 6.47. The van der Waals surface area contributed by atoms with E-state index in [1.165, 1.54) is 12.5 Å². The molecule has 0 aliphatic rings. The minimum Gasteiger partial charge on any atom is -0.339 e. The number of rotatable bonds is 3. The van der Waals surface area contributed by atoms with Crippen LogP contribution in [0, 0.1) is 0 Å². The summed E-state index contributed by atoms with van der Waals surface area (Å²) in [5.41, 5.74) is 0. The molecular formula is C9H21N3O2S. The van der Waals surface area contributed by atoms with Gasteiger partial charge in [-0.1, -0.05) is 14.9 Å². The third kappa shape index (κ3) is 4.44. The molecule has 1 rings (SSSR count). The van der Waals surface area contributed by atoms with Gasteiger partial charge in [-0.25, -0.2) is 18.1 Å². The second kappa shape index (κ2) is 5.87. The average molecular weight is 235 g/mol. The van der Waals surface area contributed by atoms with Crippen LogP contribution in [0.3, 0.4) is 0 Å². The van der Waals surface area contributed by atoms with Crippen molar-refractivity contribution in [2.24, 2.45) is 7.05 Å². The predicted octanol–water partition coefficient (Wildman–Crippen LogP) is 1.38. The van der Waals surface area contributed by atoms with E-state index in [4.69, 9.17) is 0 Å². The second-order valence-electron chi connectivity index (χ2n) is 3.15. The Balaban J connectivity index is 0. The van der Waals surface area contributed by atoms with Crippen LogP contribution in [0.25, 0.3) is 0 Å². The minimum atomic E-state index is -3.42. The molecule has 90 valence electrons. The number of aryl methyl sites for hydroxylation is 1. The zero-order valence-corrected chi connectivity index (χ0v) is 8.67. The van der Waals surface area contributed by atoms with E-state index in [2.05, 4.69) is 9.71 Å². The highest BCUT2D eigenvalue weighted by atomic mass is 32.2. The molecule has 0 radical (unpaired) electrons. The van der Waals surface area contributed by atoms with Crippen LogP contribution in [0.15, 0.2) is 17.6 Å². The monoisotopic (exact) mass is 235 g/mol. The van der Waals surface area contributed by atoms with Gasteiger partial charge in [0.1, 0.15) is 0 Å². The Morgan fingerprint density at radius 1 is 1.40 bits per heavy atom. The Morgan fingerprint density at radius 2 is 1.93 bits per heavy atom. The van der Waals surface area contributed by atoms with E-state index in [1.54, 1.807) is 25.5 Å². The molecule has 0 spiro atoms. The zero-order chi connectivity index (χ0) is 10.1. The van der Waals surface area contributed by atoms with Crippen molar-refractivity contribution in [2.45, 2.75) is 39.8 Å². The first-order valence-corrected chi connectivity index (χ1v) is 5.40. The normalized spacial score (nSPS) is 10.7. The van der Waals surface area contributed by atoms with E-state index in [1.807, 2.05) is 0 Å². The van der Waals surface area contributed by atoms with Crippen molar-refractivity contribution in [1.29, 1.82) is 0 Å². The number of sulfonamides is 1. The van der Waals surface area contributed by atoms with Crippen LogP contribution in [0.1, 0.15) is 28.7 Å². The van der Waals surface area contributed by atoms with Crippen LogP contribution in [0.5, 0.6) is 0 Å². The van der Waals surface area contributed by atoms with Gasteiger partial charge < -0.3 is 4.57 Å². The van der Waals surface area contributed by atoms with Crippen molar-refractivity contribution in [2.75, 3.05) is 0 Å². The highest BCUT2D eigenvalue weighted by molar-refractivity contribution is 7.89. The summed E-state index contributed by atoms with van der Waals surface area (Å²) < 4.78 is 27.0. The van der Waals surface area contributed by atoms with Crippen LogP contribution in [0.4, 0.5) is 0 Å². The van der Waals surface area contributed by atoms with Crippen LogP contribution in [-0.2, 0) is 17.1 Å². The lowest BCUT2D eigenvalue weighted by Crippen LogP contribution is -2.30. The van der Waals surface area contributed by atoms with E-state index in [0.717, 1.165) is 0 Å². The van der Waals surface area contributed by atoms with E-state index in [0.29, 0.717) is 0 Å². The SMILES string of the molecule is C.C.CC(C)NS(=O)(=O)c1cn(C)cn1. The number of aromatic nitrogens is 2. The minimum absolute atomic E-state index is 0. The van der Waals surface area contributed by atoms with Crippen molar-refractivity contribution >= 4 is 10.0 Å². The molecule has 1 heterocycles. The molecule has 6 heteroatoms. The summed E-state index contributed by atoms with van der Waals surface area (Å²) in [7, 11) is -1.70. The summed E-state index contributed by atoms with van der Waals surface area (Å²) in [6.45, 7) is 3.53. The van der Waals surface area contributed by atoms with Crippen LogP contribution >= 0.6 is 0 Å². The molecule has 5 nitrogen and oxygen atoms in total. The average Bonchev–Trinajstić information content (AvgIpc) is 2.32. The van der Waals surface area contributed by atoms with Gasteiger partial charge in [-0.3, -0.25) is 0 Å². The first kappa shape index (κ1) is 16.5. The lowest BCUT2D eigenvalue weighted by atomic mass is 10.4. The predicted molar refractivity (Wildman–Crippen MR) is 62.1 cm³/mol. The summed E-state index contributed by atoms with van der Waals surface area (Å²) >= 11 is 0. The van der Waals surface area contributed by atoms with Crippen molar-refractivity contribution in [1.82, 2.24) is 14.3 Å². The summed E-state index contributed by atoms with van der Waals surface area (Å²) in [5, 5.41) is 0.0590. The molecule has 0 fully saturated rings. The molecule has 0 aromatic carbocycles. The smallest absolute Gasteiger partial charge is 0.259 e. The number of nitrogens with zero attached hydrogens (tertiary/aromatic N) is 2. The molecule has 1 aromatic heterocycles.